The molecule has 1 atom stereocenters. The maximum absolute atomic E-state index is 11.7. The van der Waals surface area contributed by atoms with Crippen molar-refractivity contribution in [3.05, 3.63) is 28.8 Å². The lowest BCUT2D eigenvalue weighted by molar-refractivity contribution is 0.0922. The van der Waals surface area contributed by atoms with Gasteiger partial charge >= 0.3 is 0 Å². The fourth-order valence-electron chi connectivity index (χ4n) is 1.16. The van der Waals surface area contributed by atoms with E-state index in [9.17, 15) is 4.79 Å². The molecule has 1 aromatic rings. The van der Waals surface area contributed by atoms with Gasteiger partial charge in [-0.15, -0.1) is 0 Å². The summed E-state index contributed by atoms with van der Waals surface area (Å²) >= 11 is 5.75. The Kier molecular flexibility index (Phi) is 4.08. The summed E-state index contributed by atoms with van der Waals surface area (Å²) in [4.78, 5) is 11.7. The Balaban J connectivity index is 3.11. The van der Waals surface area contributed by atoms with Crippen LogP contribution in [0.15, 0.2) is 18.2 Å². The molecule has 0 aliphatic heterocycles. The number of carbonyl (C=O) groups is 1. The summed E-state index contributed by atoms with van der Waals surface area (Å²) in [7, 11) is 1.45. The van der Waals surface area contributed by atoms with Crippen LogP contribution in [-0.2, 0) is 0 Å². The number of ether oxygens (including phenoxy) is 1. The minimum atomic E-state index is -0.947. The molecule has 0 aromatic heterocycles. The van der Waals surface area contributed by atoms with Crippen molar-refractivity contribution in [3.63, 3.8) is 0 Å². The molecule has 0 amide bonds. The van der Waals surface area contributed by atoms with Gasteiger partial charge in [0.05, 0.1) is 25.3 Å². The van der Waals surface area contributed by atoms with E-state index >= 15 is 0 Å². The van der Waals surface area contributed by atoms with E-state index in [-0.39, 0.29) is 5.56 Å². The van der Waals surface area contributed by atoms with Gasteiger partial charge in [-0.3, -0.25) is 4.79 Å². The van der Waals surface area contributed by atoms with E-state index in [4.69, 9.17) is 27.2 Å². The molecule has 1 rings (SSSR count). The fraction of sp³-hybridized carbons (Fsp3) is 0.300. The van der Waals surface area contributed by atoms with Crippen LogP contribution >= 0.6 is 11.6 Å². The van der Waals surface area contributed by atoms with Gasteiger partial charge in [0.25, 0.3) is 0 Å². The average molecular weight is 230 g/mol. The number of carbonyl (C=O) groups excluding carboxylic acids is 1. The fourth-order valence-corrected chi connectivity index (χ4v) is 1.33. The van der Waals surface area contributed by atoms with Gasteiger partial charge in [-0.25, -0.2) is 0 Å². The molecular weight excluding hydrogens is 218 g/mol. The van der Waals surface area contributed by atoms with Crippen molar-refractivity contribution in [2.45, 2.75) is 6.04 Å². The van der Waals surface area contributed by atoms with Crippen LogP contribution in [0.4, 0.5) is 0 Å². The van der Waals surface area contributed by atoms with Gasteiger partial charge in [0, 0.05) is 5.02 Å². The van der Waals surface area contributed by atoms with E-state index < -0.39 is 18.4 Å². The second-order valence-electron chi connectivity index (χ2n) is 3.00. The van der Waals surface area contributed by atoms with Crippen molar-refractivity contribution in [2.24, 2.45) is 5.73 Å². The van der Waals surface area contributed by atoms with Crippen LogP contribution in [0.25, 0.3) is 0 Å². The molecule has 0 heterocycles. The summed E-state index contributed by atoms with van der Waals surface area (Å²) in [6, 6.07) is 3.72. The third-order valence-electron chi connectivity index (χ3n) is 1.96. The molecule has 15 heavy (non-hydrogen) atoms. The quantitative estimate of drug-likeness (QED) is 0.751. The number of benzene rings is 1. The number of nitrogens with two attached hydrogens (primary N) is 1. The van der Waals surface area contributed by atoms with E-state index in [1.54, 1.807) is 12.1 Å². The van der Waals surface area contributed by atoms with E-state index in [2.05, 4.69) is 0 Å². The minimum absolute atomic E-state index is 0.284. The Bertz CT molecular complexity index is 368. The Hall–Kier alpha value is -1.10. The first-order valence-corrected chi connectivity index (χ1v) is 4.72. The number of hydrogen-bond donors (Lipinski definition) is 2. The zero-order valence-electron chi connectivity index (χ0n) is 8.24. The van der Waals surface area contributed by atoms with Crippen LogP contribution in [0, 0.1) is 0 Å². The summed E-state index contributed by atoms with van der Waals surface area (Å²) in [5, 5.41) is 9.20. The predicted octanol–water partition coefficient (Wildman–Crippen LogP) is 0.851. The first-order chi connectivity index (χ1) is 7.10. The summed E-state index contributed by atoms with van der Waals surface area (Å²) in [5.41, 5.74) is 5.71. The van der Waals surface area contributed by atoms with Crippen molar-refractivity contribution >= 4 is 17.4 Å². The lowest BCUT2D eigenvalue weighted by Crippen LogP contribution is -2.34. The molecule has 5 heteroatoms. The summed E-state index contributed by atoms with van der Waals surface area (Å²) in [6.07, 6.45) is 0. The number of rotatable bonds is 4. The molecule has 1 aromatic carbocycles. The molecule has 1 unspecified atom stereocenters. The van der Waals surface area contributed by atoms with Crippen molar-refractivity contribution in [2.75, 3.05) is 13.7 Å². The van der Waals surface area contributed by atoms with E-state index in [1.165, 1.54) is 13.2 Å². The van der Waals surface area contributed by atoms with Gasteiger partial charge in [0.15, 0.2) is 5.78 Å². The van der Waals surface area contributed by atoms with Gasteiger partial charge in [-0.05, 0) is 18.2 Å². The van der Waals surface area contributed by atoms with Gasteiger partial charge in [-0.2, -0.15) is 0 Å². The zero-order chi connectivity index (χ0) is 11.4. The molecule has 82 valence electrons. The van der Waals surface area contributed by atoms with Gasteiger partial charge in [0.1, 0.15) is 5.75 Å². The van der Waals surface area contributed by atoms with Crippen LogP contribution in [0.5, 0.6) is 5.75 Å². The van der Waals surface area contributed by atoms with Gasteiger partial charge < -0.3 is 15.6 Å². The smallest absolute Gasteiger partial charge is 0.185 e. The molecule has 0 saturated heterocycles. The molecule has 0 spiro atoms. The van der Waals surface area contributed by atoms with Gasteiger partial charge in [0.2, 0.25) is 0 Å². The van der Waals surface area contributed by atoms with E-state index in [0.717, 1.165) is 0 Å². The van der Waals surface area contributed by atoms with Crippen LogP contribution in [0.3, 0.4) is 0 Å². The Morgan fingerprint density at radius 3 is 2.87 bits per heavy atom. The molecule has 0 radical (unpaired) electrons. The highest BCUT2D eigenvalue weighted by Crippen LogP contribution is 2.23. The van der Waals surface area contributed by atoms with Crippen molar-refractivity contribution < 1.29 is 14.6 Å². The third kappa shape index (κ3) is 2.68. The molecule has 0 aliphatic rings. The lowest BCUT2D eigenvalue weighted by atomic mass is 10.0. The average Bonchev–Trinajstić information content (AvgIpc) is 2.27. The highest BCUT2D eigenvalue weighted by molar-refractivity contribution is 6.31. The predicted molar refractivity (Wildman–Crippen MR) is 57.4 cm³/mol. The summed E-state index contributed by atoms with van der Waals surface area (Å²) < 4.78 is 5.00. The molecule has 3 N–H and O–H groups in total. The number of ketones is 1. The highest BCUT2D eigenvalue weighted by atomic mass is 35.5. The van der Waals surface area contributed by atoms with Crippen molar-refractivity contribution in [3.8, 4) is 5.75 Å². The van der Waals surface area contributed by atoms with Crippen molar-refractivity contribution in [1.29, 1.82) is 0 Å². The third-order valence-corrected chi connectivity index (χ3v) is 2.20. The molecule has 0 saturated carbocycles. The molecular formula is C10H12ClNO3. The van der Waals surface area contributed by atoms with Crippen LogP contribution in [0.2, 0.25) is 5.02 Å². The number of aliphatic hydroxyl groups excluding tert-OH is 1. The summed E-state index contributed by atoms with van der Waals surface area (Å²) in [6.45, 7) is -0.408. The van der Waals surface area contributed by atoms with Crippen LogP contribution in [-0.4, -0.2) is 30.6 Å². The molecule has 0 fully saturated rings. The maximum atomic E-state index is 11.7. The maximum Gasteiger partial charge on any atom is 0.185 e. The topological polar surface area (TPSA) is 72.5 Å². The standard InChI is InChI=1S/C10H12ClNO3/c1-15-9-3-2-6(11)4-7(9)10(14)8(12)5-13/h2-4,8,13H,5,12H2,1H3. The zero-order valence-corrected chi connectivity index (χ0v) is 8.99. The second-order valence-corrected chi connectivity index (χ2v) is 3.43. The first-order valence-electron chi connectivity index (χ1n) is 4.34. The van der Waals surface area contributed by atoms with Gasteiger partial charge in [-0.1, -0.05) is 11.6 Å². The van der Waals surface area contributed by atoms with Crippen molar-refractivity contribution in [1.82, 2.24) is 0 Å². The molecule has 4 nitrogen and oxygen atoms in total. The molecule has 0 aliphatic carbocycles. The number of aliphatic hydroxyl groups is 1. The number of halogens is 1. The Morgan fingerprint density at radius 1 is 1.67 bits per heavy atom. The molecule has 0 bridgehead atoms. The first kappa shape index (κ1) is 12.0. The summed E-state index contributed by atoms with van der Waals surface area (Å²) in [5.74, 6) is 0.00477. The number of hydrogen-bond acceptors (Lipinski definition) is 4. The SMILES string of the molecule is COc1ccc(Cl)cc1C(=O)C(N)CO. The monoisotopic (exact) mass is 229 g/mol. The highest BCUT2D eigenvalue weighted by Gasteiger charge is 2.19. The van der Waals surface area contributed by atoms with E-state index in [0.29, 0.717) is 10.8 Å². The Labute approximate surface area is 92.6 Å². The number of methoxy groups -OCH3 is 1. The minimum Gasteiger partial charge on any atom is -0.496 e. The van der Waals surface area contributed by atoms with E-state index in [1.807, 2.05) is 0 Å². The number of Topliss-reactive ketones (excluding diaryl/α,β-unsaturated/α-hetero) is 1. The lowest BCUT2D eigenvalue weighted by Gasteiger charge is -2.11. The second kappa shape index (κ2) is 5.11. The van der Waals surface area contributed by atoms with Crippen LogP contribution < -0.4 is 10.5 Å². The Morgan fingerprint density at radius 2 is 2.33 bits per heavy atom. The van der Waals surface area contributed by atoms with Crippen LogP contribution in [0.1, 0.15) is 10.4 Å². The largest absolute Gasteiger partial charge is 0.496 e. The normalized spacial score (nSPS) is 12.3.